The topological polar surface area (TPSA) is 97.6 Å². The fourth-order valence-electron chi connectivity index (χ4n) is 2.27. The quantitative estimate of drug-likeness (QED) is 0.730. The lowest BCUT2D eigenvalue weighted by Crippen LogP contribution is -2.32. The van der Waals surface area contributed by atoms with Crippen molar-refractivity contribution in [1.82, 2.24) is 30.0 Å². The molecule has 8 nitrogen and oxygen atoms in total. The molecule has 0 radical (unpaired) electrons. The normalized spacial score (nSPS) is 11.8. The minimum atomic E-state index is -0.520. The first-order chi connectivity index (χ1) is 12.5. The van der Waals surface area contributed by atoms with Gasteiger partial charge in [-0.1, -0.05) is 11.6 Å². The summed E-state index contributed by atoms with van der Waals surface area (Å²) in [7, 11) is 0. The van der Waals surface area contributed by atoms with Crippen molar-refractivity contribution in [1.29, 1.82) is 0 Å². The summed E-state index contributed by atoms with van der Waals surface area (Å²) in [6.07, 6.45) is 4.51. The summed E-state index contributed by atoms with van der Waals surface area (Å²) in [5.41, 5.74) is 0.682. The predicted molar refractivity (Wildman–Crippen MR) is 93.7 cm³/mol. The molecule has 0 aliphatic rings. The van der Waals surface area contributed by atoms with Crippen LogP contribution in [0.15, 0.2) is 36.9 Å². The molecule has 2 N–H and O–H groups in total. The fourth-order valence-corrected chi connectivity index (χ4v) is 2.47. The first-order valence-electron chi connectivity index (χ1n) is 7.66. The highest BCUT2D eigenvalue weighted by atomic mass is 35.5. The largest absolute Gasteiger partial charge is 0.328 e. The van der Waals surface area contributed by atoms with E-state index in [4.69, 9.17) is 11.6 Å². The van der Waals surface area contributed by atoms with Crippen LogP contribution >= 0.6 is 11.6 Å². The number of nitrogens with one attached hydrogen (secondary N) is 2. The Labute approximate surface area is 153 Å². The summed E-state index contributed by atoms with van der Waals surface area (Å²) in [6.45, 7) is 3.32. The Kier molecular flexibility index (Phi) is 5.08. The number of anilines is 1. The average Bonchev–Trinajstić information content (AvgIpc) is 3.10. The SMILES string of the molecule is Cc1cc(NC(=O)N[C@@H](C)c2ncnn2-c2ncccn2)c(Cl)cc1F. The zero-order chi connectivity index (χ0) is 18.7. The van der Waals surface area contributed by atoms with Crippen molar-refractivity contribution < 1.29 is 9.18 Å². The molecular formula is C16H15ClFN7O. The lowest BCUT2D eigenvalue weighted by atomic mass is 10.2. The number of hydrogen-bond acceptors (Lipinski definition) is 5. The lowest BCUT2D eigenvalue weighted by Gasteiger charge is -2.15. The lowest BCUT2D eigenvalue weighted by molar-refractivity contribution is 0.248. The van der Waals surface area contributed by atoms with Crippen LogP contribution in [0, 0.1) is 12.7 Å². The van der Waals surface area contributed by atoms with Gasteiger partial charge in [-0.25, -0.2) is 24.1 Å². The molecule has 26 heavy (non-hydrogen) atoms. The molecule has 0 spiro atoms. The van der Waals surface area contributed by atoms with Gasteiger partial charge in [0.25, 0.3) is 5.95 Å². The van der Waals surface area contributed by atoms with Crippen molar-refractivity contribution in [2.45, 2.75) is 19.9 Å². The second kappa shape index (κ2) is 7.44. The van der Waals surface area contributed by atoms with E-state index in [9.17, 15) is 9.18 Å². The van der Waals surface area contributed by atoms with Gasteiger partial charge in [0.05, 0.1) is 16.8 Å². The molecule has 3 aromatic rings. The van der Waals surface area contributed by atoms with E-state index in [1.807, 2.05) is 0 Å². The van der Waals surface area contributed by atoms with Crippen LogP contribution in [0.5, 0.6) is 0 Å². The van der Waals surface area contributed by atoms with Crippen LogP contribution in [0.3, 0.4) is 0 Å². The molecule has 2 aromatic heterocycles. The van der Waals surface area contributed by atoms with E-state index in [0.29, 0.717) is 23.0 Å². The van der Waals surface area contributed by atoms with Gasteiger partial charge in [0, 0.05) is 12.4 Å². The van der Waals surface area contributed by atoms with Gasteiger partial charge < -0.3 is 10.6 Å². The van der Waals surface area contributed by atoms with Crippen LogP contribution in [0.1, 0.15) is 24.4 Å². The Morgan fingerprint density at radius 2 is 2.00 bits per heavy atom. The number of carbonyl (C=O) groups excluding carboxylic acids is 1. The van der Waals surface area contributed by atoms with Gasteiger partial charge in [-0.2, -0.15) is 9.78 Å². The maximum Gasteiger partial charge on any atom is 0.319 e. The highest BCUT2D eigenvalue weighted by molar-refractivity contribution is 6.33. The van der Waals surface area contributed by atoms with Crippen molar-refractivity contribution in [3.63, 3.8) is 0 Å². The first kappa shape index (κ1) is 17.7. The van der Waals surface area contributed by atoms with Crippen LogP contribution < -0.4 is 10.6 Å². The Balaban J connectivity index is 1.73. The van der Waals surface area contributed by atoms with Crippen molar-refractivity contribution in [3.05, 3.63) is 59.1 Å². The summed E-state index contributed by atoms with van der Waals surface area (Å²) in [4.78, 5) is 24.6. The van der Waals surface area contributed by atoms with E-state index in [-0.39, 0.29) is 5.02 Å². The average molecular weight is 376 g/mol. The number of carbonyl (C=O) groups is 1. The Morgan fingerprint density at radius 3 is 2.73 bits per heavy atom. The molecule has 134 valence electrons. The number of halogens is 2. The maximum atomic E-state index is 13.5. The van der Waals surface area contributed by atoms with Crippen LogP contribution in [-0.2, 0) is 0 Å². The minimum absolute atomic E-state index is 0.108. The van der Waals surface area contributed by atoms with Crippen molar-refractivity contribution >= 4 is 23.3 Å². The second-order valence-corrected chi connectivity index (χ2v) is 5.89. The highest BCUT2D eigenvalue weighted by Gasteiger charge is 2.18. The Hall–Kier alpha value is -3.07. The number of urea groups is 1. The molecule has 0 saturated carbocycles. The number of aryl methyl sites for hydroxylation is 1. The Bertz CT molecular complexity index is 932. The number of rotatable bonds is 4. The van der Waals surface area contributed by atoms with E-state index in [0.717, 1.165) is 6.07 Å². The third kappa shape index (κ3) is 3.77. The maximum absolute atomic E-state index is 13.5. The fraction of sp³-hybridized carbons (Fsp3) is 0.188. The minimum Gasteiger partial charge on any atom is -0.328 e. The predicted octanol–water partition coefficient (Wildman–Crippen LogP) is 3.04. The molecule has 1 aromatic carbocycles. The summed E-state index contributed by atoms with van der Waals surface area (Å²) in [6, 6.07) is 3.28. The summed E-state index contributed by atoms with van der Waals surface area (Å²) < 4.78 is 14.9. The molecule has 0 aliphatic carbocycles. The third-order valence-electron chi connectivity index (χ3n) is 3.55. The van der Waals surface area contributed by atoms with Crippen LogP contribution in [0.25, 0.3) is 5.95 Å². The Morgan fingerprint density at radius 1 is 1.27 bits per heavy atom. The van der Waals surface area contributed by atoms with Crippen LogP contribution in [0.2, 0.25) is 5.02 Å². The number of aromatic nitrogens is 5. The van der Waals surface area contributed by atoms with E-state index in [1.54, 1.807) is 32.3 Å². The first-order valence-corrected chi connectivity index (χ1v) is 8.04. The van der Waals surface area contributed by atoms with E-state index in [1.165, 1.54) is 17.1 Å². The second-order valence-electron chi connectivity index (χ2n) is 5.48. The smallest absolute Gasteiger partial charge is 0.319 e. The molecule has 2 amide bonds. The number of benzene rings is 1. The van der Waals surface area contributed by atoms with Gasteiger partial charge in [-0.15, -0.1) is 0 Å². The third-order valence-corrected chi connectivity index (χ3v) is 3.86. The van der Waals surface area contributed by atoms with Gasteiger partial charge in [-0.3, -0.25) is 0 Å². The van der Waals surface area contributed by atoms with Crippen LogP contribution in [0.4, 0.5) is 14.9 Å². The molecule has 0 bridgehead atoms. The summed E-state index contributed by atoms with van der Waals surface area (Å²) >= 11 is 5.96. The van der Waals surface area contributed by atoms with Crippen molar-refractivity contribution in [2.24, 2.45) is 0 Å². The summed E-state index contributed by atoms with van der Waals surface area (Å²) in [5.74, 6) is 0.351. The molecule has 1 atom stereocenters. The van der Waals surface area contributed by atoms with Gasteiger partial charge in [0.15, 0.2) is 5.82 Å². The van der Waals surface area contributed by atoms with E-state index in [2.05, 4.69) is 30.7 Å². The molecule has 2 heterocycles. The van der Waals surface area contributed by atoms with Gasteiger partial charge in [0.1, 0.15) is 12.1 Å². The number of hydrogen-bond donors (Lipinski definition) is 2. The zero-order valence-electron chi connectivity index (χ0n) is 13.9. The van der Waals surface area contributed by atoms with Crippen LogP contribution in [-0.4, -0.2) is 30.8 Å². The van der Waals surface area contributed by atoms with E-state index < -0.39 is 17.9 Å². The zero-order valence-corrected chi connectivity index (χ0v) is 14.7. The highest BCUT2D eigenvalue weighted by Crippen LogP contribution is 2.25. The molecule has 0 fully saturated rings. The molecular weight excluding hydrogens is 361 g/mol. The van der Waals surface area contributed by atoms with Gasteiger partial charge >= 0.3 is 6.03 Å². The van der Waals surface area contributed by atoms with E-state index >= 15 is 0 Å². The van der Waals surface area contributed by atoms with Crippen molar-refractivity contribution in [3.8, 4) is 5.95 Å². The monoisotopic (exact) mass is 375 g/mol. The molecule has 0 saturated heterocycles. The standard InChI is InChI=1S/C16H15ClFN7O/c1-9-6-13(11(17)7-12(9)18)24-16(26)23-10(2)14-21-8-22-25(14)15-19-4-3-5-20-15/h3-8,10H,1-2H3,(H2,23,24,26)/t10-/m0/s1. The van der Waals surface area contributed by atoms with Crippen molar-refractivity contribution in [2.75, 3.05) is 5.32 Å². The molecule has 0 aliphatic heterocycles. The number of amides is 2. The molecule has 10 heteroatoms. The summed E-state index contributed by atoms with van der Waals surface area (Å²) in [5, 5.41) is 9.50. The molecule has 0 unspecified atom stereocenters. The van der Waals surface area contributed by atoms with Gasteiger partial charge in [-0.05, 0) is 37.6 Å². The number of nitrogens with zero attached hydrogens (tertiary/aromatic N) is 5. The van der Waals surface area contributed by atoms with Gasteiger partial charge in [0.2, 0.25) is 0 Å². The molecule has 3 rings (SSSR count).